The molecule has 5 nitrogen and oxygen atoms in total. The first kappa shape index (κ1) is 14.8. The van der Waals surface area contributed by atoms with Crippen molar-refractivity contribution in [1.82, 2.24) is 14.6 Å². The molecule has 0 aromatic carbocycles. The molecule has 2 aromatic heterocycles. The van der Waals surface area contributed by atoms with Crippen LogP contribution in [0.15, 0.2) is 12.4 Å². The first-order valence-electron chi connectivity index (χ1n) is 8.89. The third-order valence-electron chi connectivity index (χ3n) is 5.19. The van der Waals surface area contributed by atoms with E-state index >= 15 is 0 Å². The second-order valence-electron chi connectivity index (χ2n) is 7.46. The highest BCUT2D eigenvalue weighted by Crippen LogP contribution is 2.41. The largest absolute Gasteiger partial charge is 0.483 e. The van der Waals surface area contributed by atoms with Crippen LogP contribution in [0.1, 0.15) is 64.9 Å². The number of anilines is 1. The smallest absolute Gasteiger partial charge is 0.180 e. The van der Waals surface area contributed by atoms with Gasteiger partial charge in [-0.05, 0) is 39.0 Å². The molecule has 1 saturated carbocycles. The van der Waals surface area contributed by atoms with Crippen LogP contribution in [0.2, 0.25) is 0 Å². The molecule has 2 aliphatic rings. The first-order chi connectivity index (χ1) is 11.1. The van der Waals surface area contributed by atoms with Crippen LogP contribution in [0.25, 0.3) is 5.65 Å². The molecule has 0 saturated heterocycles. The van der Waals surface area contributed by atoms with Crippen molar-refractivity contribution >= 4 is 11.5 Å². The van der Waals surface area contributed by atoms with Crippen molar-refractivity contribution in [2.24, 2.45) is 0 Å². The van der Waals surface area contributed by atoms with Crippen LogP contribution in [0, 0.1) is 0 Å². The number of hydrogen-bond donors (Lipinski definition) is 0. The molecule has 23 heavy (non-hydrogen) atoms. The van der Waals surface area contributed by atoms with Gasteiger partial charge in [0.05, 0.1) is 18.4 Å². The number of ether oxygens (including phenoxy) is 1. The van der Waals surface area contributed by atoms with Gasteiger partial charge < -0.3 is 9.64 Å². The van der Waals surface area contributed by atoms with Crippen molar-refractivity contribution in [3.63, 3.8) is 0 Å². The van der Waals surface area contributed by atoms with Crippen molar-refractivity contribution in [3.8, 4) is 5.75 Å². The monoisotopic (exact) mass is 314 g/mol. The van der Waals surface area contributed by atoms with Gasteiger partial charge in [0.25, 0.3) is 0 Å². The lowest BCUT2D eigenvalue weighted by atomic mass is 9.89. The molecule has 4 rings (SSSR count). The van der Waals surface area contributed by atoms with E-state index in [1.54, 1.807) is 0 Å². The predicted molar refractivity (Wildman–Crippen MR) is 91.4 cm³/mol. The Balaban J connectivity index is 1.87. The lowest BCUT2D eigenvalue weighted by Gasteiger charge is -2.46. The van der Waals surface area contributed by atoms with Gasteiger partial charge in [0.1, 0.15) is 6.10 Å². The minimum absolute atomic E-state index is 0.290. The second-order valence-corrected chi connectivity index (χ2v) is 7.46. The van der Waals surface area contributed by atoms with E-state index in [0.29, 0.717) is 18.0 Å². The molecule has 0 bridgehead atoms. The number of aromatic nitrogens is 3. The Bertz CT molecular complexity index is 721. The Labute approximate surface area is 137 Å². The van der Waals surface area contributed by atoms with Crippen LogP contribution >= 0.6 is 0 Å². The Kier molecular flexibility index (Phi) is 3.47. The highest BCUT2D eigenvalue weighted by Gasteiger charge is 2.40. The summed E-state index contributed by atoms with van der Waals surface area (Å²) in [5, 5.41) is 4.48. The second kappa shape index (κ2) is 5.39. The van der Waals surface area contributed by atoms with E-state index in [1.807, 2.05) is 16.9 Å². The van der Waals surface area contributed by atoms with E-state index in [2.05, 4.69) is 37.7 Å². The fourth-order valence-electron chi connectivity index (χ4n) is 4.06. The van der Waals surface area contributed by atoms with Crippen molar-refractivity contribution in [3.05, 3.63) is 18.0 Å². The Morgan fingerprint density at radius 2 is 1.96 bits per heavy atom. The fraction of sp³-hybridized carbons (Fsp3) is 0.667. The van der Waals surface area contributed by atoms with Gasteiger partial charge >= 0.3 is 0 Å². The summed E-state index contributed by atoms with van der Waals surface area (Å²) in [6.45, 7) is 8.89. The number of nitrogens with zero attached hydrogens (tertiary/aromatic N) is 4. The molecule has 2 aromatic rings. The molecule has 1 aliphatic carbocycles. The van der Waals surface area contributed by atoms with Gasteiger partial charge in [0, 0.05) is 11.6 Å². The summed E-state index contributed by atoms with van der Waals surface area (Å²) in [7, 11) is 0. The normalized spacial score (nSPS) is 24.0. The molecule has 3 heterocycles. The van der Waals surface area contributed by atoms with Crippen LogP contribution < -0.4 is 9.64 Å². The Morgan fingerprint density at radius 1 is 1.17 bits per heavy atom. The molecule has 1 fully saturated rings. The SMILES string of the molecule is CC(C)c1cnn2cc3c(nc12)N(C(C)C)[C@H]1CCCC[C@H]1O3. The van der Waals surface area contributed by atoms with Crippen LogP contribution in [-0.2, 0) is 0 Å². The summed E-state index contributed by atoms with van der Waals surface area (Å²) in [6, 6.07) is 0.875. The van der Waals surface area contributed by atoms with Crippen molar-refractivity contribution in [2.75, 3.05) is 4.90 Å². The fourth-order valence-corrected chi connectivity index (χ4v) is 4.06. The predicted octanol–water partition coefficient (Wildman–Crippen LogP) is 3.77. The van der Waals surface area contributed by atoms with E-state index in [0.717, 1.165) is 23.6 Å². The highest BCUT2D eigenvalue weighted by atomic mass is 16.5. The maximum absolute atomic E-state index is 6.33. The average molecular weight is 314 g/mol. The molecule has 2 atom stereocenters. The van der Waals surface area contributed by atoms with E-state index in [1.165, 1.54) is 24.8 Å². The third kappa shape index (κ3) is 2.28. The maximum Gasteiger partial charge on any atom is 0.180 e. The van der Waals surface area contributed by atoms with Gasteiger partial charge in [0.15, 0.2) is 17.2 Å². The molecular formula is C18H26N4O. The summed E-state index contributed by atoms with van der Waals surface area (Å²) in [5.41, 5.74) is 2.16. The van der Waals surface area contributed by atoms with Gasteiger partial charge in [-0.25, -0.2) is 9.50 Å². The lowest BCUT2D eigenvalue weighted by molar-refractivity contribution is 0.108. The summed E-state index contributed by atoms with van der Waals surface area (Å²) >= 11 is 0. The number of hydrogen-bond acceptors (Lipinski definition) is 4. The zero-order valence-electron chi connectivity index (χ0n) is 14.5. The Morgan fingerprint density at radius 3 is 2.70 bits per heavy atom. The van der Waals surface area contributed by atoms with Gasteiger partial charge in [0.2, 0.25) is 0 Å². The topological polar surface area (TPSA) is 42.7 Å². The zero-order valence-corrected chi connectivity index (χ0v) is 14.5. The van der Waals surface area contributed by atoms with Crippen molar-refractivity contribution in [2.45, 2.75) is 77.5 Å². The van der Waals surface area contributed by atoms with Crippen LogP contribution in [0.5, 0.6) is 5.75 Å². The standard InChI is InChI=1S/C18H26N4O/c1-11(2)13-9-19-21-10-16-18(20-17(13)21)22(12(3)4)14-7-5-6-8-15(14)23-16/h9-12,14-15H,5-8H2,1-4H3/t14-,15+/m0/s1. The summed E-state index contributed by atoms with van der Waals surface area (Å²) in [5.74, 6) is 2.29. The van der Waals surface area contributed by atoms with Gasteiger partial charge in [-0.15, -0.1) is 0 Å². The van der Waals surface area contributed by atoms with Crippen LogP contribution in [0.4, 0.5) is 5.82 Å². The van der Waals surface area contributed by atoms with Gasteiger partial charge in [-0.1, -0.05) is 20.3 Å². The first-order valence-corrected chi connectivity index (χ1v) is 8.89. The van der Waals surface area contributed by atoms with E-state index in [4.69, 9.17) is 9.72 Å². The molecule has 0 amide bonds. The molecule has 0 N–H and O–H groups in total. The quantitative estimate of drug-likeness (QED) is 0.846. The molecule has 0 unspecified atom stereocenters. The molecule has 1 aliphatic heterocycles. The molecule has 124 valence electrons. The zero-order chi connectivity index (χ0) is 16.1. The third-order valence-corrected chi connectivity index (χ3v) is 5.19. The number of fused-ring (bicyclic) bond motifs is 3. The number of rotatable bonds is 2. The summed E-state index contributed by atoms with van der Waals surface area (Å²) in [6.07, 6.45) is 9.13. The molecule has 5 heteroatoms. The minimum Gasteiger partial charge on any atom is -0.483 e. The lowest BCUT2D eigenvalue weighted by Crippen LogP contribution is -2.54. The highest BCUT2D eigenvalue weighted by molar-refractivity contribution is 5.62. The van der Waals surface area contributed by atoms with E-state index < -0.39 is 0 Å². The van der Waals surface area contributed by atoms with E-state index in [9.17, 15) is 0 Å². The van der Waals surface area contributed by atoms with Gasteiger partial charge in [-0.2, -0.15) is 5.10 Å². The summed E-state index contributed by atoms with van der Waals surface area (Å²) in [4.78, 5) is 7.48. The van der Waals surface area contributed by atoms with Crippen molar-refractivity contribution in [1.29, 1.82) is 0 Å². The molecule has 0 radical (unpaired) electrons. The summed E-state index contributed by atoms with van der Waals surface area (Å²) < 4.78 is 8.20. The molecule has 0 spiro atoms. The van der Waals surface area contributed by atoms with Crippen LogP contribution in [-0.4, -0.2) is 32.8 Å². The molecular weight excluding hydrogens is 288 g/mol. The Hall–Kier alpha value is -1.78. The van der Waals surface area contributed by atoms with Crippen LogP contribution in [0.3, 0.4) is 0 Å². The van der Waals surface area contributed by atoms with Gasteiger partial charge in [-0.3, -0.25) is 0 Å². The average Bonchev–Trinajstić information content (AvgIpc) is 2.92. The maximum atomic E-state index is 6.33. The van der Waals surface area contributed by atoms with E-state index in [-0.39, 0.29) is 6.10 Å². The minimum atomic E-state index is 0.290. The van der Waals surface area contributed by atoms with Crippen molar-refractivity contribution < 1.29 is 4.74 Å².